The highest BCUT2D eigenvalue weighted by molar-refractivity contribution is 7.07. The molecule has 0 unspecified atom stereocenters. The third-order valence-corrected chi connectivity index (χ3v) is 3.94. The second-order valence-electron chi connectivity index (χ2n) is 4.26. The molecular weight excluding hydrogens is 268 g/mol. The standard InChI is InChI=1S/C13H11ClN2OS/c14-11-2-1-9-3-4-16(6-10(9)5-11)13(17)12-7-18-8-15-12/h1-2,5,7-8H,3-4,6H2. The molecule has 0 bridgehead atoms. The van der Waals surface area contributed by atoms with Crippen LogP contribution in [0.2, 0.25) is 5.02 Å². The number of rotatable bonds is 1. The number of nitrogens with zero attached hydrogens (tertiary/aromatic N) is 2. The zero-order valence-corrected chi connectivity index (χ0v) is 11.2. The Bertz CT molecular complexity index is 583. The molecule has 92 valence electrons. The first-order valence-electron chi connectivity index (χ1n) is 5.69. The van der Waals surface area contributed by atoms with Crippen molar-refractivity contribution in [1.82, 2.24) is 9.88 Å². The van der Waals surface area contributed by atoms with E-state index >= 15 is 0 Å². The van der Waals surface area contributed by atoms with Gasteiger partial charge in [0.2, 0.25) is 0 Å². The molecule has 2 heterocycles. The van der Waals surface area contributed by atoms with Crippen molar-refractivity contribution in [2.24, 2.45) is 0 Å². The number of benzene rings is 1. The zero-order chi connectivity index (χ0) is 12.5. The summed E-state index contributed by atoms with van der Waals surface area (Å²) in [5, 5.41) is 2.51. The van der Waals surface area contributed by atoms with Gasteiger partial charge < -0.3 is 4.90 Å². The average molecular weight is 279 g/mol. The maximum atomic E-state index is 12.2. The summed E-state index contributed by atoms with van der Waals surface area (Å²) in [6, 6.07) is 5.89. The van der Waals surface area contributed by atoms with Crippen LogP contribution in [0, 0.1) is 0 Å². The Hall–Kier alpha value is -1.39. The molecule has 0 fully saturated rings. The van der Waals surface area contributed by atoms with Crippen LogP contribution in [0.4, 0.5) is 0 Å². The predicted octanol–water partition coefficient (Wildman–Crippen LogP) is 3.00. The fraction of sp³-hybridized carbons (Fsp3) is 0.231. The van der Waals surface area contributed by atoms with Gasteiger partial charge in [-0.2, -0.15) is 0 Å². The van der Waals surface area contributed by atoms with Gasteiger partial charge in [0.15, 0.2) is 0 Å². The fourth-order valence-corrected chi connectivity index (χ4v) is 2.90. The van der Waals surface area contributed by atoms with Crippen molar-refractivity contribution in [2.75, 3.05) is 6.54 Å². The quantitative estimate of drug-likeness (QED) is 0.803. The summed E-state index contributed by atoms with van der Waals surface area (Å²) in [6.07, 6.45) is 0.877. The van der Waals surface area contributed by atoms with E-state index in [0.717, 1.165) is 23.6 Å². The summed E-state index contributed by atoms with van der Waals surface area (Å²) < 4.78 is 0. The highest BCUT2D eigenvalue weighted by Crippen LogP contribution is 2.23. The van der Waals surface area contributed by atoms with Gasteiger partial charge in [-0.05, 0) is 29.7 Å². The summed E-state index contributed by atoms with van der Waals surface area (Å²) in [5.74, 6) is 0.00174. The second kappa shape index (κ2) is 4.71. The van der Waals surface area contributed by atoms with Crippen molar-refractivity contribution in [1.29, 1.82) is 0 Å². The van der Waals surface area contributed by atoms with Gasteiger partial charge in [-0.25, -0.2) is 4.98 Å². The molecule has 0 spiro atoms. The lowest BCUT2D eigenvalue weighted by atomic mass is 10.00. The van der Waals surface area contributed by atoms with E-state index in [9.17, 15) is 4.79 Å². The van der Waals surface area contributed by atoms with Crippen LogP contribution in [-0.2, 0) is 13.0 Å². The molecule has 0 saturated heterocycles. The van der Waals surface area contributed by atoms with E-state index in [4.69, 9.17) is 11.6 Å². The lowest BCUT2D eigenvalue weighted by molar-refractivity contribution is 0.0729. The Balaban J connectivity index is 1.84. The average Bonchev–Trinajstić information content (AvgIpc) is 2.90. The largest absolute Gasteiger partial charge is 0.333 e. The minimum atomic E-state index is 0.00174. The van der Waals surface area contributed by atoms with Crippen molar-refractivity contribution >= 4 is 28.8 Å². The number of thiazole rings is 1. The van der Waals surface area contributed by atoms with Crippen molar-refractivity contribution < 1.29 is 4.79 Å². The van der Waals surface area contributed by atoms with Crippen molar-refractivity contribution in [3.8, 4) is 0 Å². The number of carbonyl (C=O) groups is 1. The third kappa shape index (κ3) is 2.13. The van der Waals surface area contributed by atoms with E-state index in [0.29, 0.717) is 12.2 Å². The fourth-order valence-electron chi connectivity index (χ4n) is 2.18. The molecule has 18 heavy (non-hydrogen) atoms. The van der Waals surface area contributed by atoms with Crippen LogP contribution in [0.1, 0.15) is 21.6 Å². The summed E-state index contributed by atoms with van der Waals surface area (Å²) >= 11 is 7.43. The molecule has 1 aliphatic rings. The zero-order valence-electron chi connectivity index (χ0n) is 9.60. The number of hydrogen-bond acceptors (Lipinski definition) is 3. The van der Waals surface area contributed by atoms with Gasteiger partial charge in [-0.1, -0.05) is 17.7 Å². The van der Waals surface area contributed by atoms with Gasteiger partial charge in [0.25, 0.3) is 5.91 Å². The van der Waals surface area contributed by atoms with Crippen LogP contribution in [0.3, 0.4) is 0 Å². The minimum Gasteiger partial charge on any atom is -0.333 e. The monoisotopic (exact) mass is 278 g/mol. The van der Waals surface area contributed by atoms with E-state index in [1.165, 1.54) is 16.9 Å². The van der Waals surface area contributed by atoms with Crippen LogP contribution >= 0.6 is 22.9 Å². The number of fused-ring (bicyclic) bond motifs is 1. The predicted molar refractivity (Wildman–Crippen MR) is 72.0 cm³/mol. The molecule has 1 amide bonds. The van der Waals surface area contributed by atoms with Crippen LogP contribution in [0.15, 0.2) is 29.1 Å². The van der Waals surface area contributed by atoms with Gasteiger partial charge in [0.1, 0.15) is 5.69 Å². The summed E-state index contributed by atoms with van der Waals surface area (Å²) in [4.78, 5) is 18.1. The molecule has 0 saturated carbocycles. The summed E-state index contributed by atoms with van der Waals surface area (Å²) in [5.41, 5.74) is 4.63. The van der Waals surface area contributed by atoms with Crippen LogP contribution in [0.25, 0.3) is 0 Å². The number of amides is 1. The number of aromatic nitrogens is 1. The van der Waals surface area contributed by atoms with E-state index in [1.54, 1.807) is 10.9 Å². The normalized spacial score (nSPS) is 14.4. The maximum absolute atomic E-state index is 12.2. The van der Waals surface area contributed by atoms with Gasteiger partial charge in [0, 0.05) is 23.5 Å². The second-order valence-corrected chi connectivity index (χ2v) is 5.42. The Morgan fingerprint density at radius 2 is 2.28 bits per heavy atom. The molecule has 2 aromatic rings. The van der Waals surface area contributed by atoms with Crippen molar-refractivity contribution in [3.05, 3.63) is 50.9 Å². The Morgan fingerprint density at radius 1 is 1.39 bits per heavy atom. The van der Waals surface area contributed by atoms with Gasteiger partial charge in [0.05, 0.1) is 5.51 Å². The summed E-state index contributed by atoms with van der Waals surface area (Å²) in [6.45, 7) is 1.36. The van der Waals surface area contributed by atoms with Gasteiger partial charge in [-0.15, -0.1) is 11.3 Å². The molecule has 1 aliphatic heterocycles. The molecule has 0 aliphatic carbocycles. The topological polar surface area (TPSA) is 33.2 Å². The van der Waals surface area contributed by atoms with E-state index in [2.05, 4.69) is 4.98 Å². The molecular formula is C13H11ClN2OS. The number of carbonyl (C=O) groups excluding carboxylic acids is 1. The molecule has 0 atom stereocenters. The van der Waals surface area contributed by atoms with Gasteiger partial charge >= 0.3 is 0 Å². The SMILES string of the molecule is O=C(c1cscn1)N1CCc2ccc(Cl)cc2C1. The lowest BCUT2D eigenvalue weighted by Crippen LogP contribution is -2.36. The Kier molecular flexibility index (Phi) is 3.06. The Morgan fingerprint density at radius 3 is 3.06 bits per heavy atom. The van der Waals surface area contributed by atoms with Crippen molar-refractivity contribution in [3.63, 3.8) is 0 Å². The van der Waals surface area contributed by atoms with Crippen LogP contribution < -0.4 is 0 Å². The molecule has 5 heteroatoms. The smallest absolute Gasteiger partial charge is 0.273 e. The first-order chi connectivity index (χ1) is 8.74. The minimum absolute atomic E-state index is 0.00174. The molecule has 3 nitrogen and oxygen atoms in total. The van der Waals surface area contributed by atoms with Gasteiger partial charge in [-0.3, -0.25) is 4.79 Å². The first-order valence-corrected chi connectivity index (χ1v) is 7.01. The number of hydrogen-bond donors (Lipinski definition) is 0. The lowest BCUT2D eigenvalue weighted by Gasteiger charge is -2.28. The third-order valence-electron chi connectivity index (χ3n) is 3.12. The maximum Gasteiger partial charge on any atom is 0.273 e. The molecule has 0 N–H and O–H groups in total. The van der Waals surface area contributed by atoms with E-state index < -0.39 is 0 Å². The number of halogens is 1. The molecule has 0 radical (unpaired) electrons. The highest BCUT2D eigenvalue weighted by atomic mass is 35.5. The van der Waals surface area contributed by atoms with E-state index in [1.807, 2.05) is 23.1 Å². The first kappa shape index (κ1) is 11.7. The molecule has 3 rings (SSSR count). The Labute approximate surface area is 114 Å². The van der Waals surface area contributed by atoms with Crippen molar-refractivity contribution in [2.45, 2.75) is 13.0 Å². The summed E-state index contributed by atoms with van der Waals surface area (Å²) in [7, 11) is 0. The molecule has 1 aromatic carbocycles. The van der Waals surface area contributed by atoms with E-state index in [-0.39, 0.29) is 5.91 Å². The van der Waals surface area contributed by atoms with Crippen LogP contribution in [-0.4, -0.2) is 22.3 Å². The molecule has 1 aromatic heterocycles. The van der Waals surface area contributed by atoms with Crippen LogP contribution in [0.5, 0.6) is 0 Å². The highest BCUT2D eigenvalue weighted by Gasteiger charge is 2.22.